The Hall–Kier alpha value is -2.47. The van der Waals surface area contributed by atoms with E-state index in [1.165, 1.54) is 31.2 Å². The van der Waals surface area contributed by atoms with E-state index in [0.29, 0.717) is 25.6 Å². The topological polar surface area (TPSA) is 59.7 Å². The first-order valence-electron chi connectivity index (χ1n) is 10.3. The molecule has 3 heterocycles. The van der Waals surface area contributed by atoms with Gasteiger partial charge in [0.05, 0.1) is 37.2 Å². The minimum absolute atomic E-state index is 0.126. The fourth-order valence-electron chi connectivity index (χ4n) is 4.75. The molecule has 2 aromatic rings. The third-order valence-electron chi connectivity index (χ3n) is 6.30. The van der Waals surface area contributed by atoms with Crippen LogP contribution in [0.5, 0.6) is 5.75 Å². The summed E-state index contributed by atoms with van der Waals surface area (Å²) in [6.45, 7) is 3.62. The van der Waals surface area contributed by atoms with E-state index in [-0.39, 0.29) is 5.56 Å². The molecule has 146 valence electrons. The molecular formula is C22H26N4O2. The zero-order valence-electron chi connectivity index (χ0n) is 16.4. The van der Waals surface area contributed by atoms with Gasteiger partial charge in [-0.3, -0.25) is 19.3 Å². The fraction of sp³-hybridized carbons (Fsp3) is 0.500. The van der Waals surface area contributed by atoms with Crippen LogP contribution in [0, 0.1) is 5.92 Å². The molecule has 1 aliphatic carbocycles. The first-order chi connectivity index (χ1) is 13.7. The number of nitrogens with zero attached hydrogens (tertiary/aromatic N) is 4. The van der Waals surface area contributed by atoms with Gasteiger partial charge in [-0.05, 0) is 30.5 Å². The number of benzene rings is 1. The Balaban J connectivity index is 1.39. The van der Waals surface area contributed by atoms with Crippen molar-refractivity contribution in [2.75, 3.05) is 13.7 Å². The van der Waals surface area contributed by atoms with Gasteiger partial charge in [-0.1, -0.05) is 25.0 Å². The predicted molar refractivity (Wildman–Crippen MR) is 108 cm³/mol. The van der Waals surface area contributed by atoms with Crippen LogP contribution >= 0.6 is 0 Å². The Morgan fingerprint density at radius 1 is 1.14 bits per heavy atom. The predicted octanol–water partition coefficient (Wildman–Crippen LogP) is 2.76. The lowest BCUT2D eigenvalue weighted by molar-refractivity contribution is 0.203. The third kappa shape index (κ3) is 3.05. The Morgan fingerprint density at radius 2 is 1.93 bits per heavy atom. The average Bonchev–Trinajstić information content (AvgIpc) is 3.38. The summed E-state index contributed by atoms with van der Waals surface area (Å²) in [5.74, 6) is 2.25. The Labute approximate surface area is 164 Å². The van der Waals surface area contributed by atoms with Crippen molar-refractivity contribution in [2.45, 2.75) is 51.9 Å². The highest BCUT2D eigenvalue weighted by molar-refractivity contribution is 6.03. The normalized spacial score (nSPS) is 19.4. The lowest BCUT2D eigenvalue weighted by atomic mass is 9.98. The van der Waals surface area contributed by atoms with Crippen molar-refractivity contribution in [3.63, 3.8) is 0 Å². The summed E-state index contributed by atoms with van der Waals surface area (Å²) in [4.78, 5) is 25.1. The van der Waals surface area contributed by atoms with Crippen LogP contribution in [0.15, 0.2) is 34.1 Å². The molecule has 1 saturated carbocycles. The molecule has 6 heteroatoms. The number of hydrogen-bond acceptors (Lipinski definition) is 5. The number of fused-ring (bicyclic) bond motifs is 2. The van der Waals surface area contributed by atoms with Crippen LogP contribution in [0.1, 0.15) is 48.3 Å². The minimum atomic E-state index is 0.126. The summed E-state index contributed by atoms with van der Waals surface area (Å²) in [5.41, 5.74) is 4.18. The summed E-state index contributed by atoms with van der Waals surface area (Å²) < 4.78 is 7.11. The number of ether oxygens (including phenoxy) is 1. The van der Waals surface area contributed by atoms with E-state index in [0.717, 1.165) is 41.6 Å². The molecule has 1 aromatic carbocycles. The summed E-state index contributed by atoms with van der Waals surface area (Å²) in [7, 11) is 1.68. The third-order valence-corrected chi connectivity index (χ3v) is 6.30. The second-order valence-corrected chi connectivity index (χ2v) is 8.05. The number of aromatic nitrogens is 2. The molecule has 5 rings (SSSR count). The van der Waals surface area contributed by atoms with Gasteiger partial charge in [-0.15, -0.1) is 0 Å². The second-order valence-electron chi connectivity index (χ2n) is 8.05. The highest BCUT2D eigenvalue weighted by Gasteiger charge is 2.32. The molecule has 0 N–H and O–H groups in total. The van der Waals surface area contributed by atoms with Crippen molar-refractivity contribution in [1.29, 1.82) is 0 Å². The molecule has 0 saturated heterocycles. The monoisotopic (exact) mass is 378 g/mol. The zero-order valence-corrected chi connectivity index (χ0v) is 16.4. The first kappa shape index (κ1) is 17.6. The maximum atomic E-state index is 13.0. The van der Waals surface area contributed by atoms with Crippen LogP contribution in [0.4, 0.5) is 0 Å². The molecule has 2 aliphatic heterocycles. The molecule has 0 bridgehead atoms. The van der Waals surface area contributed by atoms with Crippen molar-refractivity contribution in [3.05, 3.63) is 57.3 Å². The van der Waals surface area contributed by atoms with Crippen LogP contribution in [0.2, 0.25) is 0 Å². The standard InChI is InChI=1S/C22H26N4O2/c1-28-17-8-6-15(7-9-17)13-25-10-11-26-19(14-25)24-21-18(22(26)27)12-23-20(21)16-4-2-3-5-16/h6-9,16H,2-5,10-14H2,1H3. The fourth-order valence-corrected chi connectivity index (χ4v) is 4.75. The molecule has 0 spiro atoms. The molecule has 0 atom stereocenters. The SMILES string of the molecule is COc1ccc(CN2CCn3c(nc4c(c3=O)CN=C4C3CCCC3)C2)cc1. The van der Waals surface area contributed by atoms with Gasteiger partial charge >= 0.3 is 0 Å². The number of hydrogen-bond donors (Lipinski definition) is 0. The number of aliphatic imine (C=N–C) groups is 1. The molecule has 28 heavy (non-hydrogen) atoms. The molecule has 3 aliphatic rings. The van der Waals surface area contributed by atoms with Crippen LogP contribution < -0.4 is 10.3 Å². The van der Waals surface area contributed by atoms with Crippen molar-refractivity contribution < 1.29 is 4.74 Å². The Kier molecular flexibility index (Phi) is 4.51. The molecule has 0 amide bonds. The van der Waals surface area contributed by atoms with E-state index in [2.05, 4.69) is 17.0 Å². The average molecular weight is 378 g/mol. The minimum Gasteiger partial charge on any atom is -0.497 e. The van der Waals surface area contributed by atoms with Crippen molar-refractivity contribution >= 4 is 5.71 Å². The lowest BCUT2D eigenvalue weighted by Gasteiger charge is -2.29. The van der Waals surface area contributed by atoms with Crippen molar-refractivity contribution in [2.24, 2.45) is 10.9 Å². The van der Waals surface area contributed by atoms with E-state index in [4.69, 9.17) is 14.7 Å². The first-order valence-corrected chi connectivity index (χ1v) is 10.3. The molecule has 0 radical (unpaired) electrons. The van der Waals surface area contributed by atoms with E-state index < -0.39 is 0 Å². The van der Waals surface area contributed by atoms with Crippen LogP contribution in [0.3, 0.4) is 0 Å². The van der Waals surface area contributed by atoms with E-state index in [1.54, 1.807) is 7.11 Å². The van der Waals surface area contributed by atoms with Crippen molar-refractivity contribution in [1.82, 2.24) is 14.5 Å². The molecular weight excluding hydrogens is 352 g/mol. The molecule has 1 aromatic heterocycles. The van der Waals surface area contributed by atoms with Crippen LogP contribution in [-0.4, -0.2) is 33.8 Å². The number of methoxy groups -OCH3 is 1. The van der Waals surface area contributed by atoms with Gasteiger partial charge in [-0.25, -0.2) is 4.98 Å². The summed E-state index contributed by atoms with van der Waals surface area (Å²) >= 11 is 0. The smallest absolute Gasteiger partial charge is 0.259 e. The maximum Gasteiger partial charge on any atom is 0.259 e. The zero-order chi connectivity index (χ0) is 19.1. The lowest BCUT2D eigenvalue weighted by Crippen LogP contribution is -2.41. The largest absolute Gasteiger partial charge is 0.497 e. The van der Waals surface area contributed by atoms with Gasteiger partial charge < -0.3 is 4.74 Å². The molecule has 1 fully saturated rings. The van der Waals surface area contributed by atoms with Gasteiger partial charge in [0.25, 0.3) is 5.56 Å². The summed E-state index contributed by atoms with van der Waals surface area (Å²) in [6, 6.07) is 8.18. The molecule has 0 unspecified atom stereocenters. The number of rotatable bonds is 4. The Morgan fingerprint density at radius 3 is 2.68 bits per heavy atom. The van der Waals surface area contributed by atoms with E-state index >= 15 is 0 Å². The summed E-state index contributed by atoms with van der Waals surface area (Å²) in [6.07, 6.45) is 4.89. The quantitative estimate of drug-likeness (QED) is 0.821. The van der Waals surface area contributed by atoms with Gasteiger partial charge in [0.2, 0.25) is 0 Å². The van der Waals surface area contributed by atoms with Gasteiger partial charge in [0, 0.05) is 25.6 Å². The van der Waals surface area contributed by atoms with Crippen LogP contribution in [-0.2, 0) is 26.2 Å². The summed E-state index contributed by atoms with van der Waals surface area (Å²) in [5, 5.41) is 0. The van der Waals surface area contributed by atoms with E-state index in [9.17, 15) is 4.79 Å². The van der Waals surface area contributed by atoms with Gasteiger partial charge in [-0.2, -0.15) is 0 Å². The van der Waals surface area contributed by atoms with Gasteiger partial charge in [0.15, 0.2) is 0 Å². The molecule has 6 nitrogen and oxygen atoms in total. The Bertz CT molecular complexity index is 971. The highest BCUT2D eigenvalue weighted by atomic mass is 16.5. The maximum absolute atomic E-state index is 13.0. The van der Waals surface area contributed by atoms with Gasteiger partial charge in [0.1, 0.15) is 11.6 Å². The second kappa shape index (κ2) is 7.17. The van der Waals surface area contributed by atoms with Crippen LogP contribution in [0.25, 0.3) is 0 Å². The van der Waals surface area contributed by atoms with Crippen molar-refractivity contribution in [3.8, 4) is 5.75 Å². The highest BCUT2D eigenvalue weighted by Crippen LogP contribution is 2.31. The van der Waals surface area contributed by atoms with E-state index in [1.807, 2.05) is 16.7 Å².